The number of rotatable bonds is 2. The minimum absolute atomic E-state index is 0.184. The fraction of sp³-hybridized carbons (Fsp3) is 0.556. The summed E-state index contributed by atoms with van der Waals surface area (Å²) in [6, 6.07) is 4.35. The molecule has 0 spiro atoms. The summed E-state index contributed by atoms with van der Waals surface area (Å²) in [4.78, 5) is 0. The van der Waals surface area contributed by atoms with Gasteiger partial charge in [-0.3, -0.25) is 4.68 Å². The molecule has 0 aliphatic rings. The highest BCUT2D eigenvalue weighted by atomic mass is 15.3. The molecule has 0 saturated carbocycles. The lowest BCUT2D eigenvalue weighted by atomic mass is 10.2. The van der Waals surface area contributed by atoms with Crippen molar-refractivity contribution in [3.63, 3.8) is 0 Å². The summed E-state index contributed by atoms with van der Waals surface area (Å²) in [7, 11) is 0. The van der Waals surface area contributed by atoms with Gasteiger partial charge < -0.3 is 0 Å². The van der Waals surface area contributed by atoms with Crippen molar-refractivity contribution >= 4 is 0 Å². The molecule has 64 valence electrons. The van der Waals surface area contributed by atoms with Crippen molar-refractivity contribution in [2.24, 2.45) is 0 Å². The van der Waals surface area contributed by atoms with Crippen LogP contribution in [0, 0.1) is 25.2 Å². The highest BCUT2D eigenvalue weighted by molar-refractivity contribution is 5.07. The van der Waals surface area contributed by atoms with Crippen LogP contribution in [0.3, 0.4) is 0 Å². The fourth-order valence-electron chi connectivity index (χ4n) is 1.31. The molecule has 12 heavy (non-hydrogen) atoms. The van der Waals surface area contributed by atoms with E-state index in [9.17, 15) is 0 Å². The monoisotopic (exact) mass is 163 g/mol. The average Bonchev–Trinajstić information content (AvgIpc) is 2.30. The van der Waals surface area contributed by atoms with Crippen LogP contribution in [0.2, 0.25) is 0 Å². The standard InChI is InChI=1S/C9H13N3/c1-7-6-9(3)12(11-7)8(2)4-5-10/h6,8H,4H2,1-3H3/t8-/m1/s1. The van der Waals surface area contributed by atoms with E-state index in [1.165, 1.54) is 0 Å². The second-order valence-corrected chi connectivity index (χ2v) is 3.08. The molecule has 1 heterocycles. The lowest BCUT2D eigenvalue weighted by Gasteiger charge is -2.09. The molecule has 0 saturated heterocycles. The maximum atomic E-state index is 8.50. The number of nitriles is 1. The first-order valence-corrected chi connectivity index (χ1v) is 4.05. The van der Waals surface area contributed by atoms with E-state index in [1.807, 2.05) is 31.5 Å². The van der Waals surface area contributed by atoms with E-state index < -0.39 is 0 Å². The SMILES string of the molecule is Cc1cc(C)n([C@H](C)CC#N)n1. The Balaban J connectivity index is 2.88. The Hall–Kier alpha value is -1.30. The largest absolute Gasteiger partial charge is 0.266 e. The summed E-state index contributed by atoms with van der Waals surface area (Å²) in [6.45, 7) is 5.97. The van der Waals surface area contributed by atoms with E-state index in [0.29, 0.717) is 6.42 Å². The molecule has 1 rings (SSSR count). The molecule has 0 aromatic carbocycles. The van der Waals surface area contributed by atoms with Gasteiger partial charge in [0, 0.05) is 5.69 Å². The molecule has 0 amide bonds. The second kappa shape index (κ2) is 3.40. The molecule has 3 heteroatoms. The Bertz CT molecular complexity index is 306. The average molecular weight is 163 g/mol. The first-order chi connectivity index (χ1) is 5.65. The van der Waals surface area contributed by atoms with Crippen LogP contribution in [0.1, 0.15) is 30.8 Å². The van der Waals surface area contributed by atoms with Gasteiger partial charge in [0.2, 0.25) is 0 Å². The highest BCUT2D eigenvalue weighted by Crippen LogP contribution is 2.12. The molecule has 0 unspecified atom stereocenters. The van der Waals surface area contributed by atoms with Crippen molar-refractivity contribution in [1.82, 2.24) is 9.78 Å². The molecule has 0 N–H and O–H groups in total. The van der Waals surface area contributed by atoms with Crippen molar-refractivity contribution in [1.29, 1.82) is 5.26 Å². The Morgan fingerprint density at radius 2 is 2.33 bits per heavy atom. The highest BCUT2D eigenvalue weighted by Gasteiger charge is 2.07. The molecular weight excluding hydrogens is 150 g/mol. The molecule has 0 aliphatic heterocycles. The zero-order chi connectivity index (χ0) is 9.14. The van der Waals surface area contributed by atoms with Crippen molar-refractivity contribution in [2.75, 3.05) is 0 Å². The third kappa shape index (κ3) is 1.65. The van der Waals surface area contributed by atoms with Gasteiger partial charge in [0.1, 0.15) is 0 Å². The van der Waals surface area contributed by atoms with Crippen LogP contribution in [0.5, 0.6) is 0 Å². The molecule has 3 nitrogen and oxygen atoms in total. The zero-order valence-electron chi connectivity index (χ0n) is 7.70. The van der Waals surface area contributed by atoms with Gasteiger partial charge in [-0.05, 0) is 26.8 Å². The van der Waals surface area contributed by atoms with E-state index in [-0.39, 0.29) is 6.04 Å². The van der Waals surface area contributed by atoms with Gasteiger partial charge in [-0.2, -0.15) is 10.4 Å². The van der Waals surface area contributed by atoms with Gasteiger partial charge in [0.25, 0.3) is 0 Å². The van der Waals surface area contributed by atoms with E-state index in [0.717, 1.165) is 11.4 Å². The Labute approximate surface area is 72.6 Å². The number of hydrogen-bond acceptors (Lipinski definition) is 2. The molecular formula is C9H13N3. The topological polar surface area (TPSA) is 41.6 Å². The third-order valence-electron chi connectivity index (χ3n) is 1.85. The summed E-state index contributed by atoms with van der Waals surface area (Å²) in [6.07, 6.45) is 0.516. The summed E-state index contributed by atoms with van der Waals surface area (Å²) < 4.78 is 1.90. The lowest BCUT2D eigenvalue weighted by Crippen LogP contribution is -2.07. The number of hydrogen-bond donors (Lipinski definition) is 0. The molecule has 0 radical (unpaired) electrons. The van der Waals surface area contributed by atoms with Gasteiger partial charge in [0.05, 0.1) is 24.2 Å². The summed E-state index contributed by atoms with van der Waals surface area (Å²) in [5.74, 6) is 0. The van der Waals surface area contributed by atoms with E-state index >= 15 is 0 Å². The van der Waals surface area contributed by atoms with E-state index in [2.05, 4.69) is 11.2 Å². The Kier molecular flexibility index (Phi) is 2.49. The van der Waals surface area contributed by atoms with Crippen molar-refractivity contribution < 1.29 is 0 Å². The molecule has 0 fully saturated rings. The zero-order valence-corrected chi connectivity index (χ0v) is 7.70. The molecule has 1 aromatic rings. The molecule has 1 atom stereocenters. The van der Waals surface area contributed by atoms with Gasteiger partial charge in [0.15, 0.2) is 0 Å². The van der Waals surface area contributed by atoms with Crippen LogP contribution >= 0.6 is 0 Å². The number of nitrogens with zero attached hydrogens (tertiary/aromatic N) is 3. The van der Waals surface area contributed by atoms with Crippen LogP contribution < -0.4 is 0 Å². The molecule has 0 aliphatic carbocycles. The molecule has 0 bridgehead atoms. The van der Waals surface area contributed by atoms with Crippen LogP contribution in [0.4, 0.5) is 0 Å². The second-order valence-electron chi connectivity index (χ2n) is 3.08. The first-order valence-electron chi connectivity index (χ1n) is 4.05. The maximum Gasteiger partial charge on any atom is 0.0644 e. The third-order valence-corrected chi connectivity index (χ3v) is 1.85. The smallest absolute Gasteiger partial charge is 0.0644 e. The fourth-order valence-corrected chi connectivity index (χ4v) is 1.31. The van der Waals surface area contributed by atoms with Crippen LogP contribution in [0.25, 0.3) is 0 Å². The van der Waals surface area contributed by atoms with Crippen LogP contribution in [0.15, 0.2) is 6.07 Å². The van der Waals surface area contributed by atoms with Gasteiger partial charge in [-0.25, -0.2) is 0 Å². The first kappa shape index (κ1) is 8.79. The van der Waals surface area contributed by atoms with Gasteiger partial charge >= 0.3 is 0 Å². The van der Waals surface area contributed by atoms with Crippen LogP contribution in [-0.4, -0.2) is 9.78 Å². The van der Waals surface area contributed by atoms with Crippen LogP contribution in [-0.2, 0) is 0 Å². The predicted molar refractivity (Wildman–Crippen MR) is 46.6 cm³/mol. The summed E-state index contributed by atoms with van der Waals surface area (Å²) in [5, 5.41) is 12.8. The Morgan fingerprint density at radius 3 is 2.75 bits per heavy atom. The van der Waals surface area contributed by atoms with Gasteiger partial charge in [-0.1, -0.05) is 0 Å². The maximum absolute atomic E-state index is 8.50. The number of aryl methyl sites for hydroxylation is 2. The van der Waals surface area contributed by atoms with Crippen molar-refractivity contribution in [3.8, 4) is 6.07 Å². The summed E-state index contributed by atoms with van der Waals surface area (Å²) in [5.41, 5.74) is 2.13. The van der Waals surface area contributed by atoms with E-state index in [4.69, 9.17) is 5.26 Å². The number of aromatic nitrogens is 2. The minimum Gasteiger partial charge on any atom is -0.266 e. The lowest BCUT2D eigenvalue weighted by molar-refractivity contribution is 0.486. The molecule has 1 aromatic heterocycles. The Morgan fingerprint density at radius 1 is 1.67 bits per heavy atom. The van der Waals surface area contributed by atoms with Crippen molar-refractivity contribution in [3.05, 3.63) is 17.5 Å². The quantitative estimate of drug-likeness (QED) is 0.668. The van der Waals surface area contributed by atoms with Gasteiger partial charge in [-0.15, -0.1) is 0 Å². The minimum atomic E-state index is 0.184. The normalized spacial score (nSPS) is 12.5. The predicted octanol–water partition coefficient (Wildman–Crippen LogP) is 1.97. The summed E-state index contributed by atoms with van der Waals surface area (Å²) >= 11 is 0. The van der Waals surface area contributed by atoms with Crippen molar-refractivity contribution in [2.45, 2.75) is 33.2 Å². The van der Waals surface area contributed by atoms with E-state index in [1.54, 1.807) is 0 Å².